The summed E-state index contributed by atoms with van der Waals surface area (Å²) >= 11 is 1.76. The van der Waals surface area contributed by atoms with E-state index in [1.165, 1.54) is 32.1 Å². The van der Waals surface area contributed by atoms with Crippen LogP contribution in [0.1, 0.15) is 50.2 Å². The van der Waals surface area contributed by atoms with Crippen molar-refractivity contribution in [2.45, 2.75) is 49.5 Å². The van der Waals surface area contributed by atoms with Crippen LogP contribution in [0.2, 0.25) is 0 Å². The van der Waals surface area contributed by atoms with Crippen LogP contribution in [0.15, 0.2) is 23.1 Å². The number of phenols is 1. The lowest BCUT2D eigenvalue weighted by molar-refractivity contribution is 0.163. The molecule has 0 spiro atoms. The Morgan fingerprint density at radius 1 is 1.25 bits per heavy atom. The first-order chi connectivity index (χ1) is 9.72. The van der Waals surface area contributed by atoms with Gasteiger partial charge in [0.2, 0.25) is 0 Å². The summed E-state index contributed by atoms with van der Waals surface area (Å²) in [7, 11) is 0. The molecule has 3 nitrogen and oxygen atoms in total. The molecule has 0 amide bonds. The molecule has 1 fully saturated rings. The number of phenolic OH excluding ortho intramolecular Hbond substituents is 1. The number of aromatic hydroxyl groups is 1. The summed E-state index contributed by atoms with van der Waals surface area (Å²) < 4.78 is 0. The van der Waals surface area contributed by atoms with Gasteiger partial charge in [0.15, 0.2) is 0 Å². The van der Waals surface area contributed by atoms with Crippen LogP contribution >= 0.6 is 11.8 Å². The molecule has 4 heteroatoms. The first-order valence-corrected chi connectivity index (χ1v) is 8.53. The van der Waals surface area contributed by atoms with E-state index in [2.05, 4.69) is 0 Å². The molecular formula is C16H25NO2S. The molecule has 1 atom stereocenters. The normalized spacial score (nSPS) is 18.1. The molecule has 112 valence electrons. The minimum absolute atomic E-state index is 0.180. The van der Waals surface area contributed by atoms with E-state index in [1.807, 2.05) is 12.1 Å². The van der Waals surface area contributed by atoms with E-state index in [0.717, 1.165) is 16.6 Å². The number of hydrogen-bond donors (Lipinski definition) is 3. The molecule has 0 aliphatic heterocycles. The van der Waals surface area contributed by atoms with Crippen molar-refractivity contribution in [3.8, 4) is 5.75 Å². The molecule has 4 N–H and O–H groups in total. The molecule has 1 aromatic carbocycles. The Kier molecular flexibility index (Phi) is 6.20. The number of benzene rings is 1. The van der Waals surface area contributed by atoms with Crippen LogP contribution in [0.3, 0.4) is 0 Å². The third kappa shape index (κ3) is 4.14. The van der Waals surface area contributed by atoms with Crippen molar-refractivity contribution in [1.82, 2.24) is 0 Å². The minimum Gasteiger partial charge on any atom is -0.508 e. The Morgan fingerprint density at radius 2 is 2.00 bits per heavy atom. The Bertz CT molecular complexity index is 419. The lowest BCUT2D eigenvalue weighted by atomic mass is 9.91. The first kappa shape index (κ1) is 15.7. The summed E-state index contributed by atoms with van der Waals surface area (Å²) in [6.07, 6.45) is 6.48. The van der Waals surface area contributed by atoms with Gasteiger partial charge < -0.3 is 15.9 Å². The lowest BCUT2D eigenvalue weighted by Gasteiger charge is -2.22. The smallest absolute Gasteiger partial charge is 0.122 e. The largest absolute Gasteiger partial charge is 0.508 e. The Labute approximate surface area is 125 Å². The fourth-order valence-electron chi connectivity index (χ4n) is 2.86. The molecule has 1 unspecified atom stereocenters. The van der Waals surface area contributed by atoms with Gasteiger partial charge in [-0.3, -0.25) is 0 Å². The fourth-order valence-corrected chi connectivity index (χ4v) is 4.18. The van der Waals surface area contributed by atoms with Gasteiger partial charge in [-0.15, -0.1) is 11.8 Å². The van der Waals surface area contributed by atoms with E-state index in [-0.39, 0.29) is 5.75 Å². The van der Waals surface area contributed by atoms with Crippen molar-refractivity contribution in [3.63, 3.8) is 0 Å². The van der Waals surface area contributed by atoms with Gasteiger partial charge in [-0.25, -0.2) is 0 Å². The second kappa shape index (κ2) is 7.91. The molecule has 0 heterocycles. The monoisotopic (exact) mass is 295 g/mol. The minimum atomic E-state index is -0.671. The average molecular weight is 295 g/mol. The number of aliphatic hydroxyl groups excluding tert-OH is 1. The van der Waals surface area contributed by atoms with Crippen LogP contribution in [0.25, 0.3) is 0 Å². The van der Waals surface area contributed by atoms with Crippen molar-refractivity contribution >= 4 is 11.8 Å². The predicted molar refractivity (Wildman–Crippen MR) is 84.0 cm³/mol. The Balaban J connectivity index is 2.04. The molecule has 0 saturated heterocycles. The third-order valence-corrected chi connectivity index (χ3v) is 5.32. The van der Waals surface area contributed by atoms with Gasteiger partial charge in [0.1, 0.15) is 5.75 Å². The highest BCUT2D eigenvalue weighted by atomic mass is 32.2. The quantitative estimate of drug-likeness (QED) is 0.703. The van der Waals surface area contributed by atoms with Crippen molar-refractivity contribution in [3.05, 3.63) is 23.8 Å². The van der Waals surface area contributed by atoms with Crippen LogP contribution in [-0.2, 0) is 0 Å². The summed E-state index contributed by atoms with van der Waals surface area (Å²) in [5, 5.41) is 20.2. The molecule has 0 aromatic heterocycles. The van der Waals surface area contributed by atoms with Gasteiger partial charge in [-0.05, 0) is 43.9 Å². The van der Waals surface area contributed by atoms with E-state index >= 15 is 0 Å². The molecule has 1 aliphatic carbocycles. The molecule has 0 radical (unpaired) electrons. The second-order valence-electron chi connectivity index (χ2n) is 5.60. The standard InChI is InChI=1S/C16H25NO2S/c17-10-9-14(19)16-13(18)7-4-8-15(16)20-11-12-5-2-1-3-6-12/h4,7-8,12,14,18-19H,1-3,5-6,9-11,17H2. The summed E-state index contributed by atoms with van der Waals surface area (Å²) in [4.78, 5) is 0.997. The van der Waals surface area contributed by atoms with Gasteiger partial charge in [-0.2, -0.15) is 0 Å². The van der Waals surface area contributed by atoms with Gasteiger partial charge >= 0.3 is 0 Å². The molecule has 1 aromatic rings. The first-order valence-electron chi connectivity index (χ1n) is 7.55. The van der Waals surface area contributed by atoms with Crippen molar-refractivity contribution in [2.24, 2.45) is 11.7 Å². The van der Waals surface area contributed by atoms with E-state index in [0.29, 0.717) is 18.5 Å². The maximum absolute atomic E-state index is 10.2. The number of hydrogen-bond acceptors (Lipinski definition) is 4. The number of nitrogens with two attached hydrogens (primary N) is 1. The average Bonchev–Trinajstić information content (AvgIpc) is 2.46. The predicted octanol–water partition coefficient (Wildman–Crippen LogP) is 3.45. The summed E-state index contributed by atoms with van der Waals surface area (Å²) in [5.41, 5.74) is 6.16. The Morgan fingerprint density at radius 3 is 2.70 bits per heavy atom. The van der Waals surface area contributed by atoms with Crippen molar-refractivity contribution in [2.75, 3.05) is 12.3 Å². The highest BCUT2D eigenvalue weighted by Crippen LogP contribution is 2.37. The van der Waals surface area contributed by atoms with Crippen LogP contribution in [0, 0.1) is 5.92 Å². The van der Waals surface area contributed by atoms with Gasteiger partial charge in [0, 0.05) is 16.2 Å². The highest BCUT2D eigenvalue weighted by molar-refractivity contribution is 7.99. The Hall–Kier alpha value is -0.710. The van der Waals surface area contributed by atoms with Crippen LogP contribution in [0.5, 0.6) is 5.75 Å². The van der Waals surface area contributed by atoms with Crippen molar-refractivity contribution < 1.29 is 10.2 Å². The highest BCUT2D eigenvalue weighted by Gasteiger charge is 2.19. The summed E-state index contributed by atoms with van der Waals surface area (Å²) in [6, 6.07) is 5.47. The molecule has 1 saturated carbocycles. The topological polar surface area (TPSA) is 66.5 Å². The van der Waals surface area contributed by atoms with Crippen molar-refractivity contribution in [1.29, 1.82) is 0 Å². The van der Waals surface area contributed by atoms with Gasteiger partial charge in [0.25, 0.3) is 0 Å². The zero-order chi connectivity index (χ0) is 14.4. The van der Waals surface area contributed by atoms with E-state index < -0.39 is 6.10 Å². The number of aliphatic hydroxyl groups is 1. The number of thioether (sulfide) groups is 1. The molecule has 0 bridgehead atoms. The zero-order valence-corrected chi connectivity index (χ0v) is 12.7. The SMILES string of the molecule is NCCC(O)c1c(O)cccc1SCC1CCCCC1. The van der Waals surface area contributed by atoms with Crippen LogP contribution in [-0.4, -0.2) is 22.5 Å². The van der Waals surface area contributed by atoms with Gasteiger partial charge in [0.05, 0.1) is 6.10 Å². The van der Waals surface area contributed by atoms with Crippen LogP contribution < -0.4 is 5.73 Å². The van der Waals surface area contributed by atoms with E-state index in [4.69, 9.17) is 5.73 Å². The maximum Gasteiger partial charge on any atom is 0.122 e. The third-order valence-electron chi connectivity index (χ3n) is 4.02. The number of rotatable bonds is 6. The van der Waals surface area contributed by atoms with Gasteiger partial charge in [-0.1, -0.05) is 25.3 Å². The van der Waals surface area contributed by atoms with E-state index in [1.54, 1.807) is 17.8 Å². The maximum atomic E-state index is 10.2. The molecule has 2 rings (SSSR count). The van der Waals surface area contributed by atoms with E-state index in [9.17, 15) is 10.2 Å². The van der Waals surface area contributed by atoms with Crippen LogP contribution in [0.4, 0.5) is 0 Å². The molecular weight excluding hydrogens is 270 g/mol. The fraction of sp³-hybridized carbons (Fsp3) is 0.625. The zero-order valence-electron chi connectivity index (χ0n) is 11.9. The molecule has 1 aliphatic rings. The molecule has 20 heavy (non-hydrogen) atoms. The summed E-state index contributed by atoms with van der Waals surface area (Å²) in [6.45, 7) is 0.419. The lowest BCUT2D eigenvalue weighted by Crippen LogP contribution is -2.10. The summed E-state index contributed by atoms with van der Waals surface area (Å²) in [5.74, 6) is 2.03. The second-order valence-corrected chi connectivity index (χ2v) is 6.66.